The number of anilines is 2. The van der Waals surface area contributed by atoms with Crippen molar-refractivity contribution in [1.82, 2.24) is 14.5 Å². The van der Waals surface area contributed by atoms with Crippen molar-refractivity contribution in [3.05, 3.63) is 53.7 Å². The van der Waals surface area contributed by atoms with Gasteiger partial charge in [-0.3, -0.25) is 4.79 Å². The molecule has 3 aromatic rings. The zero-order valence-corrected chi connectivity index (χ0v) is 19.5. The van der Waals surface area contributed by atoms with Crippen LogP contribution >= 0.6 is 0 Å². The van der Waals surface area contributed by atoms with Gasteiger partial charge in [0, 0.05) is 61.1 Å². The monoisotopic (exact) mass is 442 g/mol. The maximum absolute atomic E-state index is 11.5. The molecule has 0 N–H and O–H groups in total. The number of fused-ring (bicyclic) bond motifs is 1. The van der Waals surface area contributed by atoms with Gasteiger partial charge in [-0.2, -0.15) is 5.26 Å². The highest BCUT2D eigenvalue weighted by Gasteiger charge is 2.33. The van der Waals surface area contributed by atoms with Crippen molar-refractivity contribution in [3.63, 3.8) is 0 Å². The Morgan fingerprint density at radius 3 is 2.30 bits per heavy atom. The van der Waals surface area contributed by atoms with Crippen molar-refractivity contribution in [2.75, 3.05) is 50.1 Å². The summed E-state index contributed by atoms with van der Waals surface area (Å²) in [5.41, 5.74) is 3.53. The standard InChI is InChI=1S/C26H30N6O/c1-18(33)19-4-6-21(7-5-19)30-10-12-31(13-11-30)25-9-8-24-20(16-27)17-32(26(24)28-25)23-14-22(15-23)29(2)3/h4-9,17,22-23H,10-15H2,1-3H3/t22-,23-. The van der Waals surface area contributed by atoms with Gasteiger partial charge in [0.15, 0.2) is 5.78 Å². The Kier molecular flexibility index (Phi) is 5.55. The number of nitrogens with zero attached hydrogens (tertiary/aromatic N) is 6. The van der Waals surface area contributed by atoms with E-state index in [1.165, 1.54) is 0 Å². The maximum atomic E-state index is 11.5. The molecular formula is C26H30N6O. The second-order valence-corrected chi connectivity index (χ2v) is 9.42. The number of nitriles is 1. The lowest BCUT2D eigenvalue weighted by Crippen LogP contribution is -2.46. The first-order valence-corrected chi connectivity index (χ1v) is 11.6. The predicted molar refractivity (Wildman–Crippen MR) is 131 cm³/mol. The molecule has 0 unspecified atom stereocenters. The Bertz CT molecular complexity index is 1210. The molecule has 170 valence electrons. The normalized spacial score (nSPS) is 20.7. The van der Waals surface area contributed by atoms with Gasteiger partial charge in [-0.1, -0.05) is 0 Å². The molecule has 2 fully saturated rings. The molecule has 7 nitrogen and oxygen atoms in total. The van der Waals surface area contributed by atoms with Crippen LogP contribution in [0, 0.1) is 11.3 Å². The van der Waals surface area contributed by atoms with Crippen molar-refractivity contribution >= 4 is 28.3 Å². The van der Waals surface area contributed by atoms with Crippen molar-refractivity contribution in [3.8, 4) is 6.07 Å². The van der Waals surface area contributed by atoms with Crippen molar-refractivity contribution in [2.45, 2.75) is 31.8 Å². The topological polar surface area (TPSA) is 68.4 Å². The van der Waals surface area contributed by atoms with Gasteiger partial charge < -0.3 is 19.3 Å². The summed E-state index contributed by atoms with van der Waals surface area (Å²) in [7, 11) is 4.26. The van der Waals surface area contributed by atoms with E-state index in [4.69, 9.17) is 4.98 Å². The first kappa shape index (κ1) is 21.5. The third kappa shape index (κ3) is 3.96. The van der Waals surface area contributed by atoms with E-state index >= 15 is 0 Å². The quantitative estimate of drug-likeness (QED) is 0.561. The molecule has 0 spiro atoms. The zero-order chi connectivity index (χ0) is 23.1. The molecule has 2 aliphatic rings. The number of carbonyl (C=O) groups excluding carboxylic acids is 1. The number of hydrogen-bond donors (Lipinski definition) is 0. The highest BCUT2D eigenvalue weighted by atomic mass is 16.1. The molecule has 1 saturated carbocycles. The third-order valence-corrected chi connectivity index (χ3v) is 7.24. The van der Waals surface area contributed by atoms with Crippen molar-refractivity contribution in [1.29, 1.82) is 5.26 Å². The molecule has 7 heteroatoms. The summed E-state index contributed by atoms with van der Waals surface area (Å²) in [5, 5.41) is 10.6. The Labute approximate surface area is 194 Å². The fourth-order valence-corrected chi connectivity index (χ4v) is 4.97. The van der Waals surface area contributed by atoms with E-state index in [9.17, 15) is 10.1 Å². The van der Waals surface area contributed by atoms with Crippen LogP contribution in [0.1, 0.15) is 41.7 Å². The molecule has 33 heavy (non-hydrogen) atoms. The molecule has 1 aliphatic carbocycles. The number of aromatic nitrogens is 2. The van der Waals surface area contributed by atoms with E-state index in [0.29, 0.717) is 17.6 Å². The lowest BCUT2D eigenvalue weighted by molar-refractivity contribution is 0.101. The van der Waals surface area contributed by atoms with Crippen LogP contribution in [0.15, 0.2) is 42.6 Å². The maximum Gasteiger partial charge on any atom is 0.159 e. The number of piperazine rings is 1. The minimum atomic E-state index is 0.0938. The van der Waals surface area contributed by atoms with Gasteiger partial charge in [-0.05, 0) is 70.3 Å². The summed E-state index contributed by atoms with van der Waals surface area (Å²) in [5.74, 6) is 1.07. The van der Waals surface area contributed by atoms with Crippen LogP contribution in [0.2, 0.25) is 0 Å². The minimum absolute atomic E-state index is 0.0938. The van der Waals surface area contributed by atoms with Crippen molar-refractivity contribution < 1.29 is 4.79 Å². The summed E-state index contributed by atoms with van der Waals surface area (Å²) < 4.78 is 2.23. The molecule has 1 saturated heterocycles. The highest BCUT2D eigenvalue weighted by Crippen LogP contribution is 2.38. The minimum Gasteiger partial charge on any atom is -0.368 e. The summed E-state index contributed by atoms with van der Waals surface area (Å²) in [6.07, 6.45) is 4.17. The van der Waals surface area contributed by atoms with Crippen LogP contribution in [0.3, 0.4) is 0 Å². The van der Waals surface area contributed by atoms with Crippen LogP contribution in [-0.2, 0) is 0 Å². The molecule has 0 radical (unpaired) electrons. The fourth-order valence-electron chi connectivity index (χ4n) is 4.97. The van der Waals surface area contributed by atoms with Crippen LogP contribution in [-0.4, -0.2) is 66.6 Å². The Morgan fingerprint density at radius 1 is 1.03 bits per heavy atom. The number of carbonyl (C=O) groups is 1. The SMILES string of the molecule is CC(=O)c1ccc(N2CCN(c3ccc4c(C#N)cn([C@H]5C[C@H](N(C)C)C5)c4n3)CC2)cc1. The van der Waals surface area contributed by atoms with E-state index in [1.54, 1.807) is 6.92 Å². The molecule has 5 rings (SSSR count). The number of Topliss-reactive ketones (excluding diaryl/α,β-unsaturated/α-hetero) is 1. The Balaban J connectivity index is 1.33. The molecule has 3 heterocycles. The van der Waals surface area contributed by atoms with Crippen LogP contribution < -0.4 is 9.80 Å². The second-order valence-electron chi connectivity index (χ2n) is 9.42. The molecule has 0 amide bonds. The van der Waals surface area contributed by atoms with E-state index in [1.807, 2.05) is 36.5 Å². The molecule has 2 aromatic heterocycles. The van der Waals surface area contributed by atoms with Gasteiger partial charge in [0.25, 0.3) is 0 Å². The highest BCUT2D eigenvalue weighted by molar-refractivity contribution is 5.94. The molecule has 0 bridgehead atoms. The Morgan fingerprint density at radius 2 is 1.70 bits per heavy atom. The van der Waals surface area contributed by atoms with E-state index in [0.717, 1.165) is 67.1 Å². The van der Waals surface area contributed by atoms with Gasteiger partial charge in [-0.15, -0.1) is 0 Å². The van der Waals surface area contributed by atoms with Gasteiger partial charge in [0.2, 0.25) is 0 Å². The first-order valence-electron chi connectivity index (χ1n) is 11.6. The smallest absolute Gasteiger partial charge is 0.159 e. The van der Waals surface area contributed by atoms with E-state index in [-0.39, 0.29) is 5.78 Å². The molecule has 0 atom stereocenters. The average molecular weight is 443 g/mol. The van der Waals surface area contributed by atoms with Crippen LogP contribution in [0.4, 0.5) is 11.5 Å². The number of pyridine rings is 1. The number of ketones is 1. The summed E-state index contributed by atoms with van der Waals surface area (Å²) in [4.78, 5) is 23.5. The molecular weight excluding hydrogens is 412 g/mol. The molecule has 1 aromatic carbocycles. The number of benzene rings is 1. The zero-order valence-electron chi connectivity index (χ0n) is 19.5. The van der Waals surface area contributed by atoms with Gasteiger partial charge in [0.05, 0.1) is 5.56 Å². The summed E-state index contributed by atoms with van der Waals surface area (Å²) in [6, 6.07) is 15.3. The van der Waals surface area contributed by atoms with Crippen LogP contribution in [0.5, 0.6) is 0 Å². The van der Waals surface area contributed by atoms with Gasteiger partial charge in [-0.25, -0.2) is 4.98 Å². The third-order valence-electron chi connectivity index (χ3n) is 7.24. The van der Waals surface area contributed by atoms with E-state index in [2.05, 4.69) is 45.5 Å². The fraction of sp³-hybridized carbons (Fsp3) is 0.423. The lowest BCUT2D eigenvalue weighted by Gasteiger charge is -2.40. The lowest BCUT2D eigenvalue weighted by atomic mass is 9.86. The largest absolute Gasteiger partial charge is 0.368 e. The van der Waals surface area contributed by atoms with E-state index < -0.39 is 0 Å². The summed E-state index contributed by atoms with van der Waals surface area (Å²) in [6.45, 7) is 5.16. The second kappa shape index (κ2) is 8.53. The van der Waals surface area contributed by atoms with Gasteiger partial charge >= 0.3 is 0 Å². The van der Waals surface area contributed by atoms with Gasteiger partial charge in [0.1, 0.15) is 17.5 Å². The summed E-state index contributed by atoms with van der Waals surface area (Å²) >= 11 is 0. The average Bonchev–Trinajstić information content (AvgIpc) is 3.16. The van der Waals surface area contributed by atoms with Crippen molar-refractivity contribution in [2.24, 2.45) is 0 Å². The first-order chi connectivity index (χ1) is 15.9. The van der Waals surface area contributed by atoms with Crippen LogP contribution in [0.25, 0.3) is 11.0 Å². The Hall–Kier alpha value is -3.37. The predicted octanol–water partition coefficient (Wildman–Crippen LogP) is 3.70. The molecule has 1 aliphatic heterocycles. The number of rotatable bonds is 5. The number of hydrogen-bond acceptors (Lipinski definition) is 6.